The van der Waals surface area contributed by atoms with Crippen molar-refractivity contribution in [2.75, 3.05) is 0 Å². The van der Waals surface area contributed by atoms with E-state index in [0.29, 0.717) is 0 Å². The molecule has 1 heterocycles. The average molecular weight is 389 g/mol. The van der Waals surface area contributed by atoms with Gasteiger partial charge in [0.1, 0.15) is 12.2 Å². The second-order valence-electron chi connectivity index (χ2n) is 5.51. The van der Waals surface area contributed by atoms with Gasteiger partial charge in [-0.25, -0.2) is 0 Å². The molecule has 0 spiro atoms. The Morgan fingerprint density at radius 3 is 1.65 bits per heavy atom. The summed E-state index contributed by atoms with van der Waals surface area (Å²) in [6.45, 7) is 2.02. The number of hydrogen-bond acceptors (Lipinski definition) is 3. The van der Waals surface area contributed by atoms with E-state index in [1.807, 2.05) is 67.6 Å². The van der Waals surface area contributed by atoms with E-state index in [2.05, 4.69) is 15.9 Å². The number of halogens is 1. The van der Waals surface area contributed by atoms with Crippen molar-refractivity contribution in [1.82, 2.24) is 0 Å². The van der Waals surface area contributed by atoms with Gasteiger partial charge in [-0.1, -0.05) is 57.9 Å². The molecule has 2 aromatic carbocycles. The fraction of sp³-hybridized carbons (Fsp3) is 0.158. The molecule has 3 aromatic rings. The molecule has 0 aliphatic rings. The zero-order valence-electron chi connectivity index (χ0n) is 12.6. The molecule has 2 N–H and O–H groups in total. The second kappa shape index (κ2) is 6.97. The van der Waals surface area contributed by atoms with E-state index < -0.39 is 12.2 Å². The Balaban J connectivity index is 1.82. The van der Waals surface area contributed by atoms with Crippen molar-refractivity contribution in [3.63, 3.8) is 0 Å². The van der Waals surface area contributed by atoms with E-state index >= 15 is 0 Å². The Labute approximate surface area is 148 Å². The Morgan fingerprint density at radius 2 is 1.17 bits per heavy atom. The summed E-state index contributed by atoms with van der Waals surface area (Å²) in [7, 11) is 0. The molecule has 4 heteroatoms. The van der Waals surface area contributed by atoms with Crippen LogP contribution in [0.2, 0.25) is 0 Å². The first kappa shape index (κ1) is 16.4. The van der Waals surface area contributed by atoms with Crippen LogP contribution in [0, 0.1) is 6.92 Å². The molecule has 0 saturated carbocycles. The third-order valence-corrected chi connectivity index (χ3v) is 5.48. The first-order chi connectivity index (χ1) is 11.0. The highest BCUT2D eigenvalue weighted by Crippen LogP contribution is 2.34. The van der Waals surface area contributed by atoms with Crippen molar-refractivity contribution in [3.05, 3.63) is 91.6 Å². The number of aliphatic hydroxyl groups excluding tert-OH is 2. The van der Waals surface area contributed by atoms with Crippen molar-refractivity contribution in [1.29, 1.82) is 0 Å². The number of hydrogen-bond donors (Lipinski definition) is 2. The maximum atomic E-state index is 10.5. The lowest BCUT2D eigenvalue weighted by Gasteiger charge is -2.10. The predicted octanol–water partition coefficient (Wildman–Crippen LogP) is 4.98. The van der Waals surface area contributed by atoms with Crippen molar-refractivity contribution in [2.24, 2.45) is 0 Å². The molecule has 0 radical (unpaired) electrons. The summed E-state index contributed by atoms with van der Waals surface area (Å²) in [5, 5.41) is 21.0. The van der Waals surface area contributed by atoms with Gasteiger partial charge in [0, 0.05) is 14.2 Å². The molecule has 3 rings (SSSR count). The van der Waals surface area contributed by atoms with E-state index in [4.69, 9.17) is 0 Å². The van der Waals surface area contributed by atoms with Crippen LogP contribution < -0.4 is 0 Å². The molecule has 2 unspecified atom stereocenters. The van der Waals surface area contributed by atoms with Crippen molar-refractivity contribution in [2.45, 2.75) is 19.1 Å². The number of benzene rings is 2. The summed E-state index contributed by atoms with van der Waals surface area (Å²) >= 11 is 4.83. The molecular formula is C19H17BrO2S. The highest BCUT2D eigenvalue weighted by Gasteiger charge is 2.17. The molecule has 0 amide bonds. The van der Waals surface area contributed by atoms with E-state index in [9.17, 15) is 10.2 Å². The standard InChI is InChI=1S/C19H17BrO2S/c1-12-2-4-13(5-3-12)18(21)16-10-11-17(23-16)19(22)14-6-8-15(20)9-7-14/h2-11,18-19,21-22H,1H3. The Hall–Kier alpha value is -1.46. The van der Waals surface area contributed by atoms with Crippen LogP contribution in [0.4, 0.5) is 0 Å². The first-order valence-electron chi connectivity index (χ1n) is 7.32. The second-order valence-corrected chi connectivity index (χ2v) is 7.57. The molecule has 0 saturated heterocycles. The molecule has 23 heavy (non-hydrogen) atoms. The minimum absolute atomic E-state index is 0.661. The van der Waals surface area contributed by atoms with Gasteiger partial charge in [0.05, 0.1) is 0 Å². The van der Waals surface area contributed by atoms with E-state index in [0.717, 1.165) is 25.4 Å². The minimum Gasteiger partial charge on any atom is -0.383 e. The zero-order valence-corrected chi connectivity index (χ0v) is 15.0. The predicted molar refractivity (Wildman–Crippen MR) is 97.8 cm³/mol. The summed E-state index contributed by atoms with van der Waals surface area (Å²) < 4.78 is 0.982. The van der Waals surface area contributed by atoms with Crippen LogP contribution in [0.1, 0.15) is 38.7 Å². The summed E-state index contributed by atoms with van der Waals surface area (Å²) in [6, 6.07) is 19.2. The Bertz CT molecular complexity index is 712. The molecule has 0 fully saturated rings. The van der Waals surface area contributed by atoms with Gasteiger partial charge in [0.15, 0.2) is 0 Å². The van der Waals surface area contributed by atoms with Gasteiger partial charge in [-0.05, 0) is 42.3 Å². The lowest BCUT2D eigenvalue weighted by molar-refractivity contribution is 0.223. The van der Waals surface area contributed by atoms with E-state index in [-0.39, 0.29) is 0 Å². The van der Waals surface area contributed by atoms with Crippen molar-refractivity contribution in [3.8, 4) is 0 Å². The summed E-state index contributed by atoms with van der Waals surface area (Å²) in [4.78, 5) is 1.66. The average Bonchev–Trinajstić information content (AvgIpc) is 3.05. The molecule has 2 nitrogen and oxygen atoms in total. The van der Waals surface area contributed by atoms with Crippen molar-refractivity contribution < 1.29 is 10.2 Å². The van der Waals surface area contributed by atoms with Gasteiger partial charge in [0.25, 0.3) is 0 Å². The largest absolute Gasteiger partial charge is 0.383 e. The molecule has 2 atom stereocenters. The van der Waals surface area contributed by atoms with Gasteiger partial charge in [-0.2, -0.15) is 0 Å². The van der Waals surface area contributed by atoms with Crippen LogP contribution in [0.3, 0.4) is 0 Å². The van der Waals surface area contributed by atoms with Crippen LogP contribution >= 0.6 is 27.3 Å². The summed E-state index contributed by atoms with van der Waals surface area (Å²) in [5.41, 5.74) is 2.87. The topological polar surface area (TPSA) is 40.5 Å². The zero-order chi connectivity index (χ0) is 16.4. The monoisotopic (exact) mass is 388 g/mol. The van der Waals surface area contributed by atoms with Gasteiger partial charge in [0.2, 0.25) is 0 Å². The summed E-state index contributed by atoms with van der Waals surface area (Å²) in [5.74, 6) is 0. The third kappa shape index (κ3) is 3.72. The fourth-order valence-electron chi connectivity index (χ4n) is 2.38. The maximum absolute atomic E-state index is 10.5. The fourth-order valence-corrected chi connectivity index (χ4v) is 3.69. The van der Waals surface area contributed by atoms with Crippen LogP contribution in [-0.2, 0) is 0 Å². The number of rotatable bonds is 4. The summed E-state index contributed by atoms with van der Waals surface area (Å²) in [6.07, 6.45) is -1.33. The molecule has 118 valence electrons. The number of aryl methyl sites for hydroxylation is 1. The minimum atomic E-state index is -0.674. The van der Waals surface area contributed by atoms with Crippen LogP contribution in [-0.4, -0.2) is 10.2 Å². The van der Waals surface area contributed by atoms with Gasteiger partial charge >= 0.3 is 0 Å². The molecule has 1 aromatic heterocycles. The number of aliphatic hydroxyl groups is 2. The van der Waals surface area contributed by atoms with E-state index in [1.165, 1.54) is 16.9 Å². The highest BCUT2D eigenvalue weighted by atomic mass is 79.9. The maximum Gasteiger partial charge on any atom is 0.113 e. The van der Waals surface area contributed by atoms with E-state index in [1.54, 1.807) is 0 Å². The van der Waals surface area contributed by atoms with Crippen LogP contribution in [0.25, 0.3) is 0 Å². The smallest absolute Gasteiger partial charge is 0.113 e. The Kier molecular flexibility index (Phi) is 4.97. The van der Waals surface area contributed by atoms with Gasteiger partial charge < -0.3 is 10.2 Å². The van der Waals surface area contributed by atoms with Crippen LogP contribution in [0.5, 0.6) is 0 Å². The lowest BCUT2D eigenvalue weighted by Crippen LogP contribution is -1.97. The molecule has 0 aliphatic heterocycles. The molecule has 0 aliphatic carbocycles. The SMILES string of the molecule is Cc1ccc(C(O)c2ccc(C(O)c3ccc(Br)cc3)s2)cc1. The molecule has 0 bridgehead atoms. The normalized spacial score (nSPS) is 13.7. The Morgan fingerprint density at radius 1 is 0.739 bits per heavy atom. The molecular weight excluding hydrogens is 372 g/mol. The lowest BCUT2D eigenvalue weighted by atomic mass is 10.1. The number of thiophene rings is 1. The van der Waals surface area contributed by atoms with Gasteiger partial charge in [-0.15, -0.1) is 11.3 Å². The quantitative estimate of drug-likeness (QED) is 0.661. The third-order valence-electron chi connectivity index (χ3n) is 3.77. The highest BCUT2D eigenvalue weighted by molar-refractivity contribution is 9.10. The first-order valence-corrected chi connectivity index (χ1v) is 8.93. The van der Waals surface area contributed by atoms with Gasteiger partial charge in [-0.3, -0.25) is 0 Å². The van der Waals surface area contributed by atoms with Crippen LogP contribution in [0.15, 0.2) is 65.1 Å². The van der Waals surface area contributed by atoms with Crippen molar-refractivity contribution >= 4 is 27.3 Å².